The molecule has 0 aliphatic heterocycles. The lowest BCUT2D eigenvalue weighted by atomic mass is 10.1. The maximum atomic E-state index is 11.8. The summed E-state index contributed by atoms with van der Waals surface area (Å²) in [5.74, 6) is 0.0997. The van der Waals surface area contributed by atoms with Gasteiger partial charge in [0, 0.05) is 26.1 Å². The van der Waals surface area contributed by atoms with Crippen molar-refractivity contribution in [3.8, 4) is 0 Å². The van der Waals surface area contributed by atoms with Gasteiger partial charge in [-0.15, -0.1) is 0 Å². The van der Waals surface area contributed by atoms with Crippen molar-refractivity contribution >= 4 is 5.91 Å². The number of carbonyl (C=O) groups excluding carboxylic acids is 1. The quantitative estimate of drug-likeness (QED) is 0.840. The van der Waals surface area contributed by atoms with Gasteiger partial charge in [0.1, 0.15) is 0 Å². The zero-order chi connectivity index (χ0) is 13.5. The van der Waals surface area contributed by atoms with E-state index in [9.17, 15) is 4.79 Å². The second kappa shape index (κ2) is 7.17. The Morgan fingerprint density at radius 2 is 1.83 bits per heavy atom. The van der Waals surface area contributed by atoms with Crippen molar-refractivity contribution in [1.29, 1.82) is 0 Å². The third-order valence-corrected chi connectivity index (χ3v) is 2.90. The maximum Gasteiger partial charge on any atom is 0.224 e. The van der Waals surface area contributed by atoms with Gasteiger partial charge in [-0.1, -0.05) is 37.6 Å². The van der Waals surface area contributed by atoms with Crippen LogP contribution >= 0.6 is 0 Å². The molecule has 100 valence electrons. The van der Waals surface area contributed by atoms with Crippen LogP contribution in [0.5, 0.6) is 0 Å². The largest absolute Gasteiger partial charge is 0.341 e. The fraction of sp³-hybridized carbons (Fsp3) is 0.533. The van der Waals surface area contributed by atoms with E-state index in [1.165, 1.54) is 5.56 Å². The van der Waals surface area contributed by atoms with E-state index in [1.807, 2.05) is 14.0 Å². The third-order valence-electron chi connectivity index (χ3n) is 2.90. The molecular formula is C15H24N2O. The normalized spacial score (nSPS) is 12.2. The standard InChI is InChI=1S/C15H24N2O/c1-4-5-13-6-8-14(9-7-13)11-17(3)15(18)10-12(2)16/h6-9,12H,4-5,10-11,16H2,1-3H3. The van der Waals surface area contributed by atoms with Crippen molar-refractivity contribution < 1.29 is 4.79 Å². The van der Waals surface area contributed by atoms with E-state index in [0.29, 0.717) is 13.0 Å². The number of rotatable bonds is 6. The van der Waals surface area contributed by atoms with Crippen LogP contribution < -0.4 is 5.73 Å². The molecule has 1 aromatic carbocycles. The summed E-state index contributed by atoms with van der Waals surface area (Å²) < 4.78 is 0. The molecular weight excluding hydrogens is 224 g/mol. The highest BCUT2D eigenvalue weighted by Gasteiger charge is 2.11. The van der Waals surface area contributed by atoms with Crippen molar-refractivity contribution in [3.05, 3.63) is 35.4 Å². The van der Waals surface area contributed by atoms with Crippen LogP contribution in [0.4, 0.5) is 0 Å². The second-order valence-electron chi connectivity index (χ2n) is 5.00. The molecule has 0 bridgehead atoms. The molecule has 0 aromatic heterocycles. The van der Waals surface area contributed by atoms with Gasteiger partial charge in [0.2, 0.25) is 5.91 Å². The topological polar surface area (TPSA) is 46.3 Å². The highest BCUT2D eigenvalue weighted by atomic mass is 16.2. The molecule has 1 rings (SSSR count). The molecule has 18 heavy (non-hydrogen) atoms. The van der Waals surface area contributed by atoms with Gasteiger partial charge in [-0.25, -0.2) is 0 Å². The van der Waals surface area contributed by atoms with Crippen LogP contribution in [0.1, 0.15) is 37.8 Å². The number of nitrogens with two attached hydrogens (primary N) is 1. The van der Waals surface area contributed by atoms with Gasteiger partial charge in [0.25, 0.3) is 0 Å². The van der Waals surface area contributed by atoms with Crippen molar-refractivity contribution in [1.82, 2.24) is 4.90 Å². The van der Waals surface area contributed by atoms with Crippen molar-refractivity contribution in [2.24, 2.45) is 5.73 Å². The van der Waals surface area contributed by atoms with Gasteiger partial charge in [-0.3, -0.25) is 4.79 Å². The van der Waals surface area contributed by atoms with Gasteiger partial charge < -0.3 is 10.6 Å². The van der Waals surface area contributed by atoms with E-state index in [2.05, 4.69) is 31.2 Å². The van der Waals surface area contributed by atoms with Crippen LogP contribution in [0.15, 0.2) is 24.3 Å². The fourth-order valence-corrected chi connectivity index (χ4v) is 1.89. The number of hydrogen-bond acceptors (Lipinski definition) is 2. The molecule has 0 aliphatic rings. The summed E-state index contributed by atoms with van der Waals surface area (Å²) in [6, 6.07) is 8.40. The Morgan fingerprint density at radius 1 is 1.28 bits per heavy atom. The molecule has 3 heteroatoms. The van der Waals surface area contributed by atoms with Crippen LogP contribution in [-0.2, 0) is 17.8 Å². The van der Waals surface area contributed by atoms with Crippen LogP contribution in [0.2, 0.25) is 0 Å². The molecule has 0 aliphatic carbocycles. The number of hydrogen-bond donors (Lipinski definition) is 1. The molecule has 0 fully saturated rings. The highest BCUT2D eigenvalue weighted by molar-refractivity contribution is 5.76. The number of aryl methyl sites for hydroxylation is 1. The summed E-state index contributed by atoms with van der Waals surface area (Å²) in [5, 5.41) is 0. The predicted octanol–water partition coefficient (Wildman–Crippen LogP) is 2.33. The Kier molecular flexibility index (Phi) is 5.86. The Labute approximate surface area is 110 Å². The van der Waals surface area contributed by atoms with Crippen molar-refractivity contribution in [2.45, 2.75) is 45.7 Å². The van der Waals surface area contributed by atoms with Crippen LogP contribution in [-0.4, -0.2) is 23.9 Å². The number of benzene rings is 1. The molecule has 1 aromatic rings. The van der Waals surface area contributed by atoms with Gasteiger partial charge >= 0.3 is 0 Å². The molecule has 0 radical (unpaired) electrons. The van der Waals surface area contributed by atoms with Gasteiger partial charge in [-0.2, -0.15) is 0 Å². The maximum absolute atomic E-state index is 11.8. The molecule has 0 heterocycles. The zero-order valence-electron chi connectivity index (χ0n) is 11.6. The van der Waals surface area contributed by atoms with E-state index < -0.39 is 0 Å². The smallest absolute Gasteiger partial charge is 0.224 e. The molecule has 2 N–H and O–H groups in total. The molecule has 0 saturated heterocycles. The minimum Gasteiger partial charge on any atom is -0.341 e. The molecule has 1 atom stereocenters. The lowest BCUT2D eigenvalue weighted by Crippen LogP contribution is -2.31. The van der Waals surface area contributed by atoms with E-state index in [4.69, 9.17) is 5.73 Å². The van der Waals surface area contributed by atoms with Gasteiger partial charge in [0.05, 0.1) is 0 Å². The second-order valence-corrected chi connectivity index (χ2v) is 5.00. The van der Waals surface area contributed by atoms with Crippen LogP contribution in [0.3, 0.4) is 0 Å². The van der Waals surface area contributed by atoms with Gasteiger partial charge in [0.15, 0.2) is 0 Å². The molecule has 1 unspecified atom stereocenters. The first-order chi connectivity index (χ1) is 8.52. The Balaban J connectivity index is 2.53. The molecule has 3 nitrogen and oxygen atoms in total. The first-order valence-electron chi connectivity index (χ1n) is 6.60. The number of carbonyl (C=O) groups is 1. The summed E-state index contributed by atoms with van der Waals surface area (Å²) in [6.07, 6.45) is 2.68. The Hall–Kier alpha value is -1.35. The monoisotopic (exact) mass is 248 g/mol. The summed E-state index contributed by atoms with van der Waals surface area (Å²) in [4.78, 5) is 13.5. The fourth-order valence-electron chi connectivity index (χ4n) is 1.89. The Morgan fingerprint density at radius 3 is 2.33 bits per heavy atom. The van der Waals surface area contributed by atoms with Crippen LogP contribution in [0.25, 0.3) is 0 Å². The lowest BCUT2D eigenvalue weighted by Gasteiger charge is -2.18. The summed E-state index contributed by atoms with van der Waals surface area (Å²) >= 11 is 0. The Bertz CT molecular complexity index is 371. The van der Waals surface area contributed by atoms with Gasteiger partial charge in [-0.05, 0) is 24.5 Å². The van der Waals surface area contributed by atoms with E-state index in [1.54, 1.807) is 4.90 Å². The molecule has 0 spiro atoms. The molecule has 0 saturated carbocycles. The zero-order valence-corrected chi connectivity index (χ0v) is 11.6. The average Bonchev–Trinajstić information content (AvgIpc) is 2.31. The number of amides is 1. The summed E-state index contributed by atoms with van der Waals surface area (Å²) in [7, 11) is 1.82. The van der Waals surface area contributed by atoms with E-state index in [-0.39, 0.29) is 11.9 Å². The lowest BCUT2D eigenvalue weighted by molar-refractivity contribution is -0.130. The predicted molar refractivity (Wildman–Crippen MR) is 75.2 cm³/mol. The molecule has 1 amide bonds. The first kappa shape index (κ1) is 14.7. The third kappa shape index (κ3) is 4.88. The SMILES string of the molecule is CCCc1ccc(CN(C)C(=O)CC(C)N)cc1. The highest BCUT2D eigenvalue weighted by Crippen LogP contribution is 2.09. The average molecular weight is 248 g/mol. The van der Waals surface area contributed by atoms with Crippen LogP contribution in [0, 0.1) is 0 Å². The minimum atomic E-state index is -0.0770. The number of nitrogens with zero attached hydrogens (tertiary/aromatic N) is 1. The van der Waals surface area contributed by atoms with Crippen molar-refractivity contribution in [3.63, 3.8) is 0 Å². The van der Waals surface area contributed by atoms with E-state index in [0.717, 1.165) is 18.4 Å². The van der Waals surface area contributed by atoms with E-state index >= 15 is 0 Å². The minimum absolute atomic E-state index is 0.0770. The summed E-state index contributed by atoms with van der Waals surface area (Å²) in [5.41, 5.74) is 8.15. The van der Waals surface area contributed by atoms with Crippen molar-refractivity contribution in [2.75, 3.05) is 7.05 Å². The first-order valence-corrected chi connectivity index (χ1v) is 6.60. The summed E-state index contributed by atoms with van der Waals surface area (Å²) in [6.45, 7) is 4.68.